The van der Waals surface area contributed by atoms with Crippen LogP contribution in [0.25, 0.3) is 5.65 Å². The van der Waals surface area contributed by atoms with Crippen molar-refractivity contribution in [3.63, 3.8) is 0 Å². The molecular formula is C20H22FN7O3. The van der Waals surface area contributed by atoms with Crippen LogP contribution >= 0.6 is 0 Å². The lowest BCUT2D eigenvalue weighted by Gasteiger charge is -2.30. The van der Waals surface area contributed by atoms with Crippen molar-refractivity contribution in [3.8, 4) is 0 Å². The lowest BCUT2D eigenvalue weighted by molar-refractivity contribution is -0.0247. The van der Waals surface area contributed by atoms with E-state index in [9.17, 15) is 14.0 Å². The van der Waals surface area contributed by atoms with Crippen molar-refractivity contribution in [1.29, 1.82) is 0 Å². The zero-order chi connectivity index (χ0) is 21.5. The number of rotatable bonds is 6. The average molecular weight is 427 g/mol. The number of amides is 1. The maximum absolute atomic E-state index is 13.6. The van der Waals surface area contributed by atoms with E-state index in [4.69, 9.17) is 4.74 Å². The van der Waals surface area contributed by atoms with Gasteiger partial charge < -0.3 is 25.3 Å². The number of pyridine rings is 1. The summed E-state index contributed by atoms with van der Waals surface area (Å²) in [4.78, 5) is 30.0. The smallest absolute Gasteiger partial charge is 0.274 e. The molecule has 11 heteroatoms. The van der Waals surface area contributed by atoms with E-state index in [1.54, 1.807) is 36.0 Å². The number of nitrogens with one attached hydrogen (secondary N) is 3. The largest absolute Gasteiger partial charge is 0.377 e. The second-order valence-electron chi connectivity index (χ2n) is 7.69. The van der Waals surface area contributed by atoms with Gasteiger partial charge in [-0.25, -0.2) is 9.37 Å². The summed E-state index contributed by atoms with van der Waals surface area (Å²) in [6, 6.07) is 4.68. The molecule has 0 bridgehead atoms. The van der Waals surface area contributed by atoms with Crippen LogP contribution in [-0.2, 0) is 4.74 Å². The molecular weight excluding hydrogens is 405 g/mol. The van der Waals surface area contributed by atoms with Gasteiger partial charge in [-0.3, -0.25) is 9.59 Å². The highest BCUT2D eigenvalue weighted by atomic mass is 19.1. The van der Waals surface area contributed by atoms with E-state index >= 15 is 0 Å². The average Bonchev–Trinajstić information content (AvgIpc) is 3.16. The maximum Gasteiger partial charge on any atom is 0.274 e. The molecule has 2 fully saturated rings. The molecule has 1 amide bonds. The molecule has 0 aromatic carbocycles. The van der Waals surface area contributed by atoms with Gasteiger partial charge in [0.05, 0.1) is 31.5 Å². The normalized spacial score (nSPS) is 20.7. The van der Waals surface area contributed by atoms with E-state index in [-0.39, 0.29) is 17.2 Å². The van der Waals surface area contributed by atoms with Gasteiger partial charge in [0.15, 0.2) is 5.65 Å². The number of anilines is 3. The fourth-order valence-electron chi connectivity index (χ4n) is 3.65. The predicted octanol–water partition coefficient (Wildman–Crippen LogP) is 1.48. The Morgan fingerprint density at radius 1 is 1.32 bits per heavy atom. The minimum absolute atomic E-state index is 0.0218. The lowest BCUT2D eigenvalue weighted by Crippen LogP contribution is -2.48. The molecule has 0 unspecified atom stereocenters. The van der Waals surface area contributed by atoms with Crippen molar-refractivity contribution in [2.45, 2.75) is 31.1 Å². The van der Waals surface area contributed by atoms with Crippen LogP contribution in [0, 0.1) is 0 Å². The van der Waals surface area contributed by atoms with Gasteiger partial charge in [0.1, 0.15) is 29.1 Å². The third-order valence-corrected chi connectivity index (χ3v) is 5.73. The van der Waals surface area contributed by atoms with Gasteiger partial charge in [-0.2, -0.15) is 9.61 Å². The van der Waals surface area contributed by atoms with Crippen molar-refractivity contribution in [2.24, 2.45) is 0 Å². The minimum atomic E-state index is -1.02. The topological polar surface area (TPSA) is 115 Å². The van der Waals surface area contributed by atoms with E-state index in [0.29, 0.717) is 49.0 Å². The molecule has 3 aromatic heterocycles. The zero-order valence-electron chi connectivity index (χ0n) is 16.8. The van der Waals surface area contributed by atoms with Gasteiger partial charge in [0.25, 0.3) is 11.5 Å². The molecule has 3 aromatic rings. The number of alkyl halides is 1. The van der Waals surface area contributed by atoms with Crippen molar-refractivity contribution < 1.29 is 13.9 Å². The van der Waals surface area contributed by atoms with Gasteiger partial charge in [-0.15, -0.1) is 0 Å². The molecule has 31 heavy (non-hydrogen) atoms. The quantitative estimate of drug-likeness (QED) is 0.546. The lowest BCUT2D eigenvalue weighted by atomic mass is 9.90. The SMILES string of the molecule is CNc1cc(Nc2cccn(C3COC3)c2=O)nc2c(C(=O)N[C@@H]3CC[C@@H]3F)cnn12. The molecule has 1 aliphatic heterocycles. The number of hydrogen-bond acceptors (Lipinski definition) is 7. The molecule has 5 rings (SSSR count). The number of carbonyl (C=O) groups is 1. The minimum Gasteiger partial charge on any atom is -0.377 e. The Bertz CT molecular complexity index is 1200. The van der Waals surface area contributed by atoms with Gasteiger partial charge in [-0.05, 0) is 25.0 Å². The van der Waals surface area contributed by atoms with Crippen molar-refractivity contribution in [2.75, 3.05) is 30.9 Å². The van der Waals surface area contributed by atoms with E-state index in [0.717, 1.165) is 0 Å². The van der Waals surface area contributed by atoms with Crippen LogP contribution in [0.4, 0.5) is 21.7 Å². The highest BCUT2D eigenvalue weighted by Gasteiger charge is 2.33. The number of aromatic nitrogens is 4. The van der Waals surface area contributed by atoms with Gasteiger partial charge in [0, 0.05) is 19.3 Å². The van der Waals surface area contributed by atoms with Gasteiger partial charge in [0.2, 0.25) is 0 Å². The monoisotopic (exact) mass is 427 g/mol. The van der Waals surface area contributed by atoms with E-state index in [1.807, 2.05) is 0 Å². The van der Waals surface area contributed by atoms with E-state index in [2.05, 4.69) is 26.0 Å². The van der Waals surface area contributed by atoms with E-state index in [1.165, 1.54) is 10.7 Å². The first-order chi connectivity index (χ1) is 15.0. The summed E-state index contributed by atoms with van der Waals surface area (Å²) in [6.45, 7) is 1.01. The molecule has 1 saturated heterocycles. The Morgan fingerprint density at radius 3 is 2.81 bits per heavy atom. The van der Waals surface area contributed by atoms with Crippen molar-refractivity contribution >= 4 is 28.9 Å². The number of carbonyl (C=O) groups excluding carboxylic acids is 1. The second kappa shape index (κ2) is 7.65. The number of halogens is 1. The van der Waals surface area contributed by atoms with Gasteiger partial charge in [-0.1, -0.05) is 0 Å². The summed E-state index contributed by atoms with van der Waals surface area (Å²) in [7, 11) is 1.72. The molecule has 4 heterocycles. The number of nitrogens with zero attached hydrogens (tertiary/aromatic N) is 4. The Morgan fingerprint density at radius 2 is 2.16 bits per heavy atom. The predicted molar refractivity (Wildman–Crippen MR) is 112 cm³/mol. The maximum atomic E-state index is 13.6. The first kappa shape index (κ1) is 19.5. The first-order valence-electron chi connectivity index (χ1n) is 10.1. The Balaban J connectivity index is 1.48. The molecule has 3 N–H and O–H groups in total. The van der Waals surface area contributed by atoms with Crippen LogP contribution in [0.15, 0.2) is 35.4 Å². The number of hydrogen-bond donors (Lipinski definition) is 3. The van der Waals surface area contributed by atoms with Crippen LogP contribution in [0.3, 0.4) is 0 Å². The van der Waals surface area contributed by atoms with Gasteiger partial charge >= 0.3 is 0 Å². The third kappa shape index (κ3) is 3.40. The van der Waals surface area contributed by atoms with Crippen LogP contribution in [-0.4, -0.2) is 57.5 Å². The Kier molecular flexibility index (Phi) is 4.81. The number of ether oxygens (including phenoxy) is 1. The molecule has 1 aliphatic carbocycles. The summed E-state index contributed by atoms with van der Waals surface area (Å²) in [5, 5.41) is 13.0. The van der Waals surface area contributed by atoms with Crippen LogP contribution in [0.1, 0.15) is 29.2 Å². The molecule has 1 saturated carbocycles. The zero-order valence-corrected chi connectivity index (χ0v) is 16.8. The fourth-order valence-corrected chi connectivity index (χ4v) is 3.65. The standard InChI is InChI=1S/C20H22FN7O3/c1-22-17-7-16(24-15-3-2-6-27(20(15)30)11-9-31-10-11)26-18-12(8-23-28(17)18)19(29)25-14-5-4-13(14)21/h2-3,6-8,11,13-14,22H,4-5,9-10H2,1H3,(H,24,26)(H,25,29)/t13-,14+/m0/s1. The fraction of sp³-hybridized carbons (Fsp3) is 0.400. The van der Waals surface area contributed by atoms with E-state index < -0.39 is 18.1 Å². The Labute approximate surface area is 176 Å². The van der Waals surface area contributed by atoms with Crippen molar-refractivity contribution in [3.05, 3.63) is 46.5 Å². The summed E-state index contributed by atoms with van der Waals surface area (Å²) in [5.74, 6) is 0.515. The first-order valence-corrected chi connectivity index (χ1v) is 10.1. The highest BCUT2D eigenvalue weighted by Crippen LogP contribution is 2.25. The van der Waals surface area contributed by atoms with Crippen LogP contribution in [0.5, 0.6) is 0 Å². The van der Waals surface area contributed by atoms with Crippen LogP contribution in [0.2, 0.25) is 0 Å². The van der Waals surface area contributed by atoms with Crippen LogP contribution < -0.4 is 21.5 Å². The molecule has 2 aliphatic rings. The Hall–Kier alpha value is -3.47. The molecule has 2 atom stereocenters. The molecule has 162 valence electrons. The summed E-state index contributed by atoms with van der Waals surface area (Å²) in [5.41, 5.74) is 0.698. The van der Waals surface area contributed by atoms with Crippen molar-refractivity contribution in [1.82, 2.24) is 24.5 Å². The summed E-state index contributed by atoms with van der Waals surface area (Å²) in [6.07, 6.45) is 3.18. The molecule has 0 radical (unpaired) electrons. The number of fused-ring (bicyclic) bond motifs is 1. The molecule has 0 spiro atoms. The molecule has 10 nitrogen and oxygen atoms in total. The third-order valence-electron chi connectivity index (χ3n) is 5.73. The highest BCUT2D eigenvalue weighted by molar-refractivity contribution is 6.00. The second-order valence-corrected chi connectivity index (χ2v) is 7.69. The summed E-state index contributed by atoms with van der Waals surface area (Å²) < 4.78 is 21.9. The summed E-state index contributed by atoms with van der Waals surface area (Å²) >= 11 is 0.